The summed E-state index contributed by atoms with van der Waals surface area (Å²) in [6.45, 7) is 1.91. The van der Waals surface area contributed by atoms with Crippen molar-refractivity contribution >= 4 is 29.2 Å². The number of carbonyl (C=O) groups is 2. The molecule has 0 fully saturated rings. The Kier molecular flexibility index (Phi) is 6.68. The van der Waals surface area contributed by atoms with Crippen LogP contribution in [-0.4, -0.2) is 30.0 Å². The fourth-order valence-corrected chi connectivity index (χ4v) is 2.46. The number of nitro groups is 1. The third kappa shape index (κ3) is 5.29. The van der Waals surface area contributed by atoms with E-state index in [0.717, 1.165) is 17.7 Å². The van der Waals surface area contributed by atoms with Gasteiger partial charge in [0.15, 0.2) is 6.61 Å². The van der Waals surface area contributed by atoms with Crippen LogP contribution in [-0.2, 0) is 9.53 Å². The molecule has 7 nitrogen and oxygen atoms in total. The van der Waals surface area contributed by atoms with Gasteiger partial charge in [0.25, 0.3) is 11.6 Å². The molecular formula is C18H17ClN2O5. The highest BCUT2D eigenvalue weighted by atomic mass is 35.5. The number of nitrogens with zero attached hydrogens (tertiary/aromatic N) is 1. The van der Waals surface area contributed by atoms with E-state index in [1.54, 1.807) is 0 Å². The van der Waals surface area contributed by atoms with Crippen LogP contribution in [0.15, 0.2) is 48.5 Å². The zero-order valence-electron chi connectivity index (χ0n) is 14.0. The van der Waals surface area contributed by atoms with Crippen LogP contribution in [0.25, 0.3) is 0 Å². The van der Waals surface area contributed by atoms with Crippen molar-refractivity contribution in [2.24, 2.45) is 0 Å². The first-order valence-corrected chi connectivity index (χ1v) is 8.19. The summed E-state index contributed by atoms with van der Waals surface area (Å²) in [5.41, 5.74) is 0.810. The van der Waals surface area contributed by atoms with Crippen molar-refractivity contribution in [2.75, 3.05) is 13.2 Å². The van der Waals surface area contributed by atoms with Gasteiger partial charge in [0.1, 0.15) is 0 Å². The Bertz CT molecular complexity index is 810. The molecule has 0 bridgehead atoms. The molecule has 0 aliphatic heterocycles. The van der Waals surface area contributed by atoms with Crippen LogP contribution in [0.5, 0.6) is 0 Å². The molecule has 2 aromatic carbocycles. The lowest BCUT2D eigenvalue weighted by atomic mass is 10.0. The Balaban J connectivity index is 1.83. The number of halogens is 1. The number of carbonyl (C=O) groups excluding carboxylic acids is 2. The normalized spacial score (nSPS) is 11.5. The standard InChI is InChI=1S/C18H17ClN2O5/c1-12(13-5-3-2-4-6-13)10-20-17(22)11-26-18(23)15-8-7-14(21(24)25)9-16(15)19/h2-9,12H,10-11H2,1H3,(H,20,22)/t12-/m0/s1. The van der Waals surface area contributed by atoms with Crippen LogP contribution >= 0.6 is 11.6 Å². The molecule has 8 heteroatoms. The number of nitro benzene ring substituents is 1. The Hall–Kier alpha value is -2.93. The molecule has 0 aliphatic carbocycles. The van der Waals surface area contributed by atoms with E-state index in [4.69, 9.17) is 16.3 Å². The quantitative estimate of drug-likeness (QED) is 0.454. The van der Waals surface area contributed by atoms with E-state index in [1.165, 1.54) is 6.07 Å². The molecule has 1 N–H and O–H groups in total. The lowest BCUT2D eigenvalue weighted by Gasteiger charge is -2.13. The number of rotatable bonds is 7. The number of benzene rings is 2. The Morgan fingerprint density at radius 1 is 1.23 bits per heavy atom. The largest absolute Gasteiger partial charge is 0.452 e. The first kappa shape index (κ1) is 19.4. The minimum Gasteiger partial charge on any atom is -0.452 e. The second-order valence-corrected chi connectivity index (χ2v) is 6.02. The molecular weight excluding hydrogens is 360 g/mol. The topological polar surface area (TPSA) is 98.5 Å². The molecule has 0 heterocycles. The Morgan fingerprint density at radius 2 is 1.92 bits per heavy atom. The van der Waals surface area contributed by atoms with Gasteiger partial charge in [-0.15, -0.1) is 0 Å². The molecule has 1 amide bonds. The minimum absolute atomic E-state index is 0.0391. The molecule has 0 radical (unpaired) electrons. The second-order valence-electron chi connectivity index (χ2n) is 5.61. The lowest BCUT2D eigenvalue weighted by Crippen LogP contribution is -2.31. The van der Waals surface area contributed by atoms with Gasteiger partial charge >= 0.3 is 5.97 Å². The first-order valence-electron chi connectivity index (χ1n) is 7.81. The first-order chi connectivity index (χ1) is 12.4. The minimum atomic E-state index is -0.823. The number of amides is 1. The van der Waals surface area contributed by atoms with Crippen LogP contribution < -0.4 is 5.32 Å². The molecule has 1 atom stereocenters. The molecule has 0 saturated heterocycles. The highest BCUT2D eigenvalue weighted by Crippen LogP contribution is 2.23. The fourth-order valence-electron chi connectivity index (χ4n) is 2.21. The van der Waals surface area contributed by atoms with Gasteiger partial charge in [-0.05, 0) is 17.5 Å². The van der Waals surface area contributed by atoms with Crippen molar-refractivity contribution in [1.82, 2.24) is 5.32 Å². The predicted octanol–water partition coefficient (Wildman–Crippen LogP) is 3.32. The van der Waals surface area contributed by atoms with E-state index in [2.05, 4.69) is 5.32 Å². The van der Waals surface area contributed by atoms with Gasteiger partial charge in [0, 0.05) is 18.7 Å². The van der Waals surface area contributed by atoms with Gasteiger partial charge in [-0.25, -0.2) is 4.79 Å². The van der Waals surface area contributed by atoms with E-state index in [0.29, 0.717) is 6.54 Å². The zero-order valence-corrected chi connectivity index (χ0v) is 14.7. The van der Waals surface area contributed by atoms with E-state index in [1.807, 2.05) is 37.3 Å². The maximum absolute atomic E-state index is 12.0. The van der Waals surface area contributed by atoms with Gasteiger partial charge in [0.2, 0.25) is 0 Å². The predicted molar refractivity (Wildman–Crippen MR) is 96.3 cm³/mol. The zero-order chi connectivity index (χ0) is 19.1. The summed E-state index contributed by atoms with van der Waals surface area (Å²) in [5.74, 6) is -1.16. The van der Waals surface area contributed by atoms with Gasteiger partial charge in [-0.2, -0.15) is 0 Å². The summed E-state index contributed by atoms with van der Waals surface area (Å²) in [6.07, 6.45) is 0. The van der Waals surface area contributed by atoms with Crippen molar-refractivity contribution in [3.05, 3.63) is 74.8 Å². The number of esters is 1. The van der Waals surface area contributed by atoms with Gasteiger partial charge < -0.3 is 10.1 Å². The smallest absolute Gasteiger partial charge is 0.340 e. The third-order valence-electron chi connectivity index (χ3n) is 3.69. The average Bonchev–Trinajstić information content (AvgIpc) is 2.64. The van der Waals surface area contributed by atoms with Crippen molar-refractivity contribution in [3.8, 4) is 0 Å². The Labute approximate surface area is 155 Å². The fraction of sp³-hybridized carbons (Fsp3) is 0.222. The summed E-state index contributed by atoms with van der Waals surface area (Å²) in [5, 5.41) is 13.2. The monoisotopic (exact) mass is 376 g/mol. The summed E-state index contributed by atoms with van der Waals surface area (Å²) in [6, 6.07) is 13.1. The van der Waals surface area contributed by atoms with Crippen LogP contribution in [0.3, 0.4) is 0 Å². The number of nitrogens with one attached hydrogen (secondary N) is 1. The van der Waals surface area contributed by atoms with Crippen molar-refractivity contribution < 1.29 is 19.2 Å². The van der Waals surface area contributed by atoms with E-state index in [-0.39, 0.29) is 22.2 Å². The Morgan fingerprint density at radius 3 is 2.54 bits per heavy atom. The van der Waals surface area contributed by atoms with Crippen molar-refractivity contribution in [2.45, 2.75) is 12.8 Å². The summed E-state index contributed by atoms with van der Waals surface area (Å²) < 4.78 is 4.90. The van der Waals surface area contributed by atoms with E-state index < -0.39 is 23.4 Å². The van der Waals surface area contributed by atoms with Crippen LogP contribution in [0, 0.1) is 10.1 Å². The molecule has 0 aromatic heterocycles. The van der Waals surface area contributed by atoms with Crippen LogP contribution in [0.1, 0.15) is 28.8 Å². The number of hydrogen-bond donors (Lipinski definition) is 1. The lowest BCUT2D eigenvalue weighted by molar-refractivity contribution is -0.384. The van der Waals surface area contributed by atoms with Gasteiger partial charge in [-0.3, -0.25) is 14.9 Å². The summed E-state index contributed by atoms with van der Waals surface area (Å²) >= 11 is 5.85. The molecule has 0 spiro atoms. The number of hydrogen-bond acceptors (Lipinski definition) is 5. The summed E-state index contributed by atoms with van der Waals surface area (Å²) in [7, 11) is 0. The van der Waals surface area contributed by atoms with Gasteiger partial charge in [0.05, 0.1) is 15.5 Å². The molecule has 0 saturated carbocycles. The molecule has 0 aliphatic rings. The van der Waals surface area contributed by atoms with Crippen molar-refractivity contribution in [1.29, 1.82) is 0 Å². The highest BCUT2D eigenvalue weighted by molar-refractivity contribution is 6.33. The van der Waals surface area contributed by atoms with Gasteiger partial charge in [-0.1, -0.05) is 48.9 Å². The van der Waals surface area contributed by atoms with Crippen LogP contribution in [0.4, 0.5) is 5.69 Å². The molecule has 0 unspecified atom stereocenters. The molecule has 2 aromatic rings. The van der Waals surface area contributed by atoms with Crippen LogP contribution in [0.2, 0.25) is 5.02 Å². The van der Waals surface area contributed by atoms with E-state index >= 15 is 0 Å². The van der Waals surface area contributed by atoms with E-state index in [9.17, 15) is 19.7 Å². The maximum atomic E-state index is 12.0. The number of ether oxygens (including phenoxy) is 1. The molecule has 2 rings (SSSR count). The van der Waals surface area contributed by atoms with Crippen molar-refractivity contribution in [3.63, 3.8) is 0 Å². The second kappa shape index (κ2) is 8.96. The molecule has 26 heavy (non-hydrogen) atoms. The molecule has 136 valence electrons. The SMILES string of the molecule is C[C@@H](CNC(=O)COC(=O)c1ccc([N+](=O)[O-])cc1Cl)c1ccccc1. The third-order valence-corrected chi connectivity index (χ3v) is 4.00. The highest BCUT2D eigenvalue weighted by Gasteiger charge is 2.17. The average molecular weight is 377 g/mol. The maximum Gasteiger partial charge on any atom is 0.340 e. The number of non-ortho nitro benzene ring substituents is 1. The summed E-state index contributed by atoms with van der Waals surface area (Å²) in [4.78, 5) is 33.8.